The highest BCUT2D eigenvalue weighted by Gasteiger charge is 2.05. The second-order valence-corrected chi connectivity index (χ2v) is 5.87. The van der Waals surface area contributed by atoms with Crippen molar-refractivity contribution < 1.29 is 9.53 Å². The number of hydrogen-bond donors (Lipinski definition) is 1. The molecule has 2 aromatic rings. The highest BCUT2D eigenvalue weighted by molar-refractivity contribution is 14.1. The van der Waals surface area contributed by atoms with Crippen molar-refractivity contribution in [1.82, 2.24) is 0 Å². The van der Waals surface area contributed by atoms with Gasteiger partial charge in [-0.1, -0.05) is 12.1 Å². The standard InChI is InChI=1S/C14H11BrINO2/c15-12-3-1-2-4-13(12)17-14(18)9-19-11-7-5-10(16)6-8-11/h1-8H,9H2,(H,17,18). The van der Waals surface area contributed by atoms with Gasteiger partial charge in [0.25, 0.3) is 5.91 Å². The maximum absolute atomic E-state index is 11.7. The molecule has 0 heterocycles. The Morgan fingerprint density at radius 1 is 1.16 bits per heavy atom. The van der Waals surface area contributed by atoms with Crippen LogP contribution in [0.3, 0.4) is 0 Å². The summed E-state index contributed by atoms with van der Waals surface area (Å²) in [4.78, 5) is 11.7. The van der Waals surface area contributed by atoms with E-state index in [1.165, 1.54) is 0 Å². The van der Waals surface area contributed by atoms with Crippen LogP contribution < -0.4 is 10.1 Å². The number of nitrogens with one attached hydrogen (secondary N) is 1. The molecule has 0 radical (unpaired) electrons. The van der Waals surface area contributed by atoms with Gasteiger partial charge in [-0.3, -0.25) is 4.79 Å². The van der Waals surface area contributed by atoms with Gasteiger partial charge in [0.15, 0.2) is 6.61 Å². The fraction of sp³-hybridized carbons (Fsp3) is 0.0714. The highest BCUT2D eigenvalue weighted by atomic mass is 127. The van der Waals surface area contributed by atoms with E-state index < -0.39 is 0 Å². The summed E-state index contributed by atoms with van der Waals surface area (Å²) in [5.74, 6) is 0.494. The molecule has 0 spiro atoms. The first-order chi connectivity index (χ1) is 9.15. The molecule has 0 fully saturated rings. The van der Waals surface area contributed by atoms with Crippen molar-refractivity contribution >= 4 is 50.1 Å². The van der Waals surface area contributed by atoms with Gasteiger partial charge in [0.2, 0.25) is 0 Å². The van der Waals surface area contributed by atoms with Gasteiger partial charge in [-0.05, 0) is 74.9 Å². The first-order valence-corrected chi connectivity index (χ1v) is 7.45. The van der Waals surface area contributed by atoms with Crippen LogP contribution in [0.25, 0.3) is 0 Å². The van der Waals surface area contributed by atoms with Gasteiger partial charge >= 0.3 is 0 Å². The second-order valence-electron chi connectivity index (χ2n) is 3.77. The van der Waals surface area contributed by atoms with Gasteiger partial charge in [0.05, 0.1) is 5.69 Å². The summed E-state index contributed by atoms with van der Waals surface area (Å²) in [5, 5.41) is 2.78. The average Bonchev–Trinajstić information content (AvgIpc) is 2.41. The summed E-state index contributed by atoms with van der Waals surface area (Å²) in [7, 11) is 0. The van der Waals surface area contributed by atoms with E-state index in [9.17, 15) is 4.79 Å². The minimum absolute atomic E-state index is 0.0120. The summed E-state index contributed by atoms with van der Waals surface area (Å²) in [6.07, 6.45) is 0. The first-order valence-electron chi connectivity index (χ1n) is 5.58. The van der Waals surface area contributed by atoms with Crippen LogP contribution >= 0.6 is 38.5 Å². The second kappa shape index (κ2) is 6.91. The minimum Gasteiger partial charge on any atom is -0.484 e. The Balaban J connectivity index is 1.88. The molecule has 2 aromatic carbocycles. The summed E-state index contributed by atoms with van der Waals surface area (Å²) in [5.41, 5.74) is 0.735. The Morgan fingerprint density at radius 2 is 1.84 bits per heavy atom. The van der Waals surface area contributed by atoms with Gasteiger partial charge in [-0.15, -0.1) is 0 Å². The Labute approximate surface area is 133 Å². The molecule has 0 aromatic heterocycles. The predicted octanol–water partition coefficient (Wildman–Crippen LogP) is 4.07. The van der Waals surface area contributed by atoms with Crippen LogP contribution in [-0.2, 0) is 4.79 Å². The first kappa shape index (κ1) is 14.3. The summed E-state index contributed by atoms with van der Waals surface area (Å²) in [6.45, 7) is -0.0120. The number of carbonyl (C=O) groups is 1. The molecule has 98 valence electrons. The summed E-state index contributed by atoms with van der Waals surface area (Å²) >= 11 is 5.59. The Kier molecular flexibility index (Phi) is 5.21. The smallest absolute Gasteiger partial charge is 0.262 e. The molecule has 0 aliphatic heterocycles. The van der Waals surface area contributed by atoms with Crippen molar-refractivity contribution in [2.24, 2.45) is 0 Å². The molecule has 5 heteroatoms. The number of rotatable bonds is 4. The molecule has 0 bridgehead atoms. The van der Waals surface area contributed by atoms with Gasteiger partial charge < -0.3 is 10.1 Å². The number of halogens is 2. The van der Waals surface area contributed by atoms with E-state index in [1.54, 1.807) is 0 Å². The van der Waals surface area contributed by atoms with Gasteiger partial charge in [-0.2, -0.15) is 0 Å². The maximum Gasteiger partial charge on any atom is 0.262 e. The zero-order valence-corrected chi connectivity index (χ0v) is 13.6. The lowest BCUT2D eigenvalue weighted by atomic mass is 10.3. The van der Waals surface area contributed by atoms with E-state index in [2.05, 4.69) is 43.8 Å². The highest BCUT2D eigenvalue weighted by Crippen LogP contribution is 2.21. The fourth-order valence-electron chi connectivity index (χ4n) is 1.43. The molecular weight excluding hydrogens is 421 g/mol. The molecule has 0 saturated heterocycles. The van der Waals surface area contributed by atoms with E-state index in [4.69, 9.17) is 4.74 Å². The van der Waals surface area contributed by atoms with Crippen molar-refractivity contribution in [3.8, 4) is 5.75 Å². The normalized spacial score (nSPS) is 10.0. The SMILES string of the molecule is O=C(COc1ccc(I)cc1)Nc1ccccc1Br. The van der Waals surface area contributed by atoms with E-state index in [1.807, 2.05) is 48.5 Å². The fourth-order valence-corrected chi connectivity index (χ4v) is 2.17. The number of amides is 1. The van der Waals surface area contributed by atoms with Crippen LogP contribution in [0.4, 0.5) is 5.69 Å². The molecule has 0 aliphatic rings. The number of hydrogen-bond acceptors (Lipinski definition) is 2. The Morgan fingerprint density at radius 3 is 2.53 bits per heavy atom. The van der Waals surface area contributed by atoms with Crippen LogP contribution in [0.15, 0.2) is 53.0 Å². The third kappa shape index (κ3) is 4.50. The van der Waals surface area contributed by atoms with Crippen molar-refractivity contribution in [3.05, 3.63) is 56.6 Å². The number of anilines is 1. The van der Waals surface area contributed by atoms with E-state index in [0.29, 0.717) is 5.75 Å². The quantitative estimate of drug-likeness (QED) is 0.741. The third-order valence-corrected chi connectivity index (χ3v) is 3.74. The number of para-hydroxylation sites is 1. The van der Waals surface area contributed by atoms with Gasteiger partial charge in [-0.25, -0.2) is 0 Å². The molecule has 19 heavy (non-hydrogen) atoms. The predicted molar refractivity (Wildman–Crippen MR) is 87.4 cm³/mol. The lowest BCUT2D eigenvalue weighted by Crippen LogP contribution is -2.20. The average molecular weight is 432 g/mol. The van der Waals surface area contributed by atoms with Crippen LogP contribution in [-0.4, -0.2) is 12.5 Å². The third-order valence-electron chi connectivity index (χ3n) is 2.33. The lowest BCUT2D eigenvalue weighted by molar-refractivity contribution is -0.118. The van der Waals surface area contributed by atoms with Crippen molar-refractivity contribution in [3.63, 3.8) is 0 Å². The van der Waals surface area contributed by atoms with Crippen LogP contribution in [0.5, 0.6) is 5.75 Å². The molecule has 0 saturated carbocycles. The van der Waals surface area contributed by atoms with Crippen molar-refractivity contribution in [2.75, 3.05) is 11.9 Å². The largest absolute Gasteiger partial charge is 0.484 e. The van der Waals surface area contributed by atoms with Crippen LogP contribution in [0, 0.1) is 3.57 Å². The molecule has 0 atom stereocenters. The molecular formula is C14H11BrINO2. The minimum atomic E-state index is -0.189. The van der Waals surface area contributed by atoms with Crippen LogP contribution in [0.1, 0.15) is 0 Å². The zero-order chi connectivity index (χ0) is 13.7. The van der Waals surface area contributed by atoms with E-state index in [0.717, 1.165) is 13.7 Å². The summed E-state index contributed by atoms with van der Waals surface area (Å²) in [6, 6.07) is 15.0. The molecule has 1 N–H and O–H groups in total. The number of ether oxygens (including phenoxy) is 1. The zero-order valence-electron chi connectivity index (χ0n) is 9.90. The van der Waals surface area contributed by atoms with E-state index in [-0.39, 0.29) is 12.5 Å². The molecule has 1 amide bonds. The summed E-state index contributed by atoms with van der Waals surface area (Å²) < 4.78 is 7.38. The van der Waals surface area contributed by atoms with Crippen LogP contribution in [0.2, 0.25) is 0 Å². The van der Waals surface area contributed by atoms with Gasteiger partial charge in [0, 0.05) is 8.04 Å². The number of benzene rings is 2. The monoisotopic (exact) mass is 431 g/mol. The molecule has 0 aliphatic carbocycles. The molecule has 2 rings (SSSR count). The topological polar surface area (TPSA) is 38.3 Å². The van der Waals surface area contributed by atoms with E-state index >= 15 is 0 Å². The Hall–Kier alpha value is -1.08. The van der Waals surface area contributed by atoms with Crippen molar-refractivity contribution in [2.45, 2.75) is 0 Å². The van der Waals surface area contributed by atoms with Crippen molar-refractivity contribution in [1.29, 1.82) is 0 Å². The molecule has 3 nitrogen and oxygen atoms in total. The lowest BCUT2D eigenvalue weighted by Gasteiger charge is -2.08. The Bertz CT molecular complexity index is 572. The maximum atomic E-state index is 11.7. The number of carbonyl (C=O) groups excluding carboxylic acids is 1. The van der Waals surface area contributed by atoms with Gasteiger partial charge in [0.1, 0.15) is 5.75 Å². The molecule has 0 unspecified atom stereocenters.